The van der Waals surface area contributed by atoms with Gasteiger partial charge in [0.25, 0.3) is 5.56 Å². The highest BCUT2D eigenvalue weighted by molar-refractivity contribution is 7.98. The Bertz CT molecular complexity index is 1000. The largest absolute Gasteiger partial charge is 0.332 e. The molecule has 23 heavy (non-hydrogen) atoms. The van der Waals surface area contributed by atoms with E-state index in [4.69, 9.17) is 11.6 Å². The van der Waals surface area contributed by atoms with Crippen molar-refractivity contribution in [2.24, 2.45) is 21.1 Å². The smallest absolute Gasteiger partial charge is 0.325 e. The third-order valence-electron chi connectivity index (χ3n) is 3.75. The van der Waals surface area contributed by atoms with Gasteiger partial charge in [-0.25, -0.2) is 9.78 Å². The van der Waals surface area contributed by atoms with Gasteiger partial charge in [-0.3, -0.25) is 13.9 Å². The normalized spacial score (nSPS) is 11.3. The second-order valence-corrected chi connectivity index (χ2v) is 6.69. The topological polar surface area (TPSA) is 61.8 Å². The molecule has 6 nitrogen and oxygen atoms in total. The van der Waals surface area contributed by atoms with E-state index in [9.17, 15) is 9.59 Å². The molecule has 0 N–H and O–H groups in total. The molecule has 0 atom stereocenters. The van der Waals surface area contributed by atoms with Gasteiger partial charge in [0, 0.05) is 31.1 Å². The first-order valence-electron chi connectivity index (χ1n) is 6.90. The average molecular weight is 351 g/mol. The molecule has 0 saturated heterocycles. The Kier molecular flexibility index (Phi) is 4.08. The SMILES string of the molecule is Cn1c(=O)c2c(nc(CSc3ccc(Cl)cc3)n2C)n(C)c1=O. The highest BCUT2D eigenvalue weighted by atomic mass is 35.5. The number of hydrogen-bond acceptors (Lipinski definition) is 4. The van der Waals surface area contributed by atoms with E-state index in [0.29, 0.717) is 21.9 Å². The molecule has 2 heterocycles. The number of hydrogen-bond donors (Lipinski definition) is 0. The molecule has 3 rings (SSSR count). The van der Waals surface area contributed by atoms with Gasteiger partial charge < -0.3 is 4.57 Å². The van der Waals surface area contributed by atoms with Crippen LogP contribution in [0.25, 0.3) is 11.2 Å². The van der Waals surface area contributed by atoms with Crippen molar-refractivity contribution in [1.29, 1.82) is 0 Å². The summed E-state index contributed by atoms with van der Waals surface area (Å²) >= 11 is 7.47. The summed E-state index contributed by atoms with van der Waals surface area (Å²) in [4.78, 5) is 29.8. The second-order valence-electron chi connectivity index (χ2n) is 5.21. The number of aryl methyl sites for hydroxylation is 2. The first-order valence-corrected chi connectivity index (χ1v) is 8.26. The number of fused-ring (bicyclic) bond motifs is 1. The number of rotatable bonds is 3. The molecule has 0 saturated carbocycles. The van der Waals surface area contributed by atoms with Crippen LogP contribution in [0.3, 0.4) is 0 Å². The maximum atomic E-state index is 12.3. The highest BCUT2D eigenvalue weighted by Gasteiger charge is 2.16. The molecule has 0 fully saturated rings. The Labute approximate surface area is 141 Å². The van der Waals surface area contributed by atoms with Crippen molar-refractivity contribution < 1.29 is 0 Å². The minimum Gasteiger partial charge on any atom is -0.325 e. The number of benzene rings is 1. The number of nitrogens with zero attached hydrogens (tertiary/aromatic N) is 4. The molecule has 0 unspecified atom stereocenters. The molecular formula is C15H15ClN4O2S. The second kappa shape index (κ2) is 5.90. The van der Waals surface area contributed by atoms with Gasteiger partial charge in [0.1, 0.15) is 5.82 Å². The van der Waals surface area contributed by atoms with Gasteiger partial charge in [-0.1, -0.05) is 11.6 Å². The van der Waals surface area contributed by atoms with E-state index in [2.05, 4.69) is 4.98 Å². The molecule has 0 aliphatic carbocycles. The van der Waals surface area contributed by atoms with E-state index in [1.807, 2.05) is 24.3 Å². The molecule has 0 amide bonds. The Balaban J connectivity index is 2.02. The molecule has 2 aromatic heterocycles. The lowest BCUT2D eigenvalue weighted by atomic mass is 10.4. The number of imidazole rings is 1. The molecule has 0 radical (unpaired) electrons. The molecule has 1 aromatic carbocycles. The lowest BCUT2D eigenvalue weighted by Gasteiger charge is -2.04. The third kappa shape index (κ3) is 2.70. The van der Waals surface area contributed by atoms with Crippen LogP contribution in [0.15, 0.2) is 38.8 Å². The molecule has 3 aromatic rings. The number of thioether (sulfide) groups is 1. The summed E-state index contributed by atoms with van der Waals surface area (Å²) in [6.07, 6.45) is 0. The predicted molar refractivity (Wildman–Crippen MR) is 92.2 cm³/mol. The Hall–Kier alpha value is -1.99. The fraction of sp³-hybridized carbons (Fsp3) is 0.267. The van der Waals surface area contributed by atoms with E-state index >= 15 is 0 Å². The number of aromatic nitrogens is 4. The van der Waals surface area contributed by atoms with Crippen molar-refractivity contribution in [3.8, 4) is 0 Å². The van der Waals surface area contributed by atoms with Crippen LogP contribution in [0.2, 0.25) is 5.02 Å². The van der Waals surface area contributed by atoms with Crippen molar-refractivity contribution in [3.05, 3.63) is 56.0 Å². The third-order valence-corrected chi connectivity index (χ3v) is 5.01. The van der Waals surface area contributed by atoms with E-state index in [1.165, 1.54) is 11.6 Å². The van der Waals surface area contributed by atoms with E-state index in [0.717, 1.165) is 15.3 Å². The van der Waals surface area contributed by atoms with E-state index in [-0.39, 0.29) is 11.2 Å². The monoisotopic (exact) mass is 350 g/mol. The fourth-order valence-electron chi connectivity index (χ4n) is 2.37. The minimum atomic E-state index is -0.377. The van der Waals surface area contributed by atoms with Gasteiger partial charge >= 0.3 is 5.69 Å². The van der Waals surface area contributed by atoms with Crippen LogP contribution >= 0.6 is 23.4 Å². The van der Waals surface area contributed by atoms with Crippen LogP contribution in [0.5, 0.6) is 0 Å². The zero-order chi connectivity index (χ0) is 16.7. The van der Waals surface area contributed by atoms with Gasteiger partial charge in [0.05, 0.1) is 5.75 Å². The standard InChI is InChI=1S/C15H15ClN4O2S/c1-18-11(8-23-10-6-4-9(16)5-7-10)17-13-12(18)14(21)20(3)15(22)19(13)2/h4-7H,8H2,1-3H3. The maximum Gasteiger partial charge on any atom is 0.332 e. The van der Waals surface area contributed by atoms with Crippen LogP contribution in [-0.2, 0) is 26.9 Å². The lowest BCUT2D eigenvalue weighted by Crippen LogP contribution is -2.37. The molecule has 120 valence electrons. The first kappa shape index (κ1) is 15.9. The van der Waals surface area contributed by atoms with Gasteiger partial charge in [0.2, 0.25) is 0 Å². The molecule has 8 heteroatoms. The average Bonchev–Trinajstić information content (AvgIpc) is 2.87. The first-order chi connectivity index (χ1) is 10.9. The molecule has 0 bridgehead atoms. The van der Waals surface area contributed by atoms with Crippen LogP contribution < -0.4 is 11.2 Å². The predicted octanol–water partition coefficient (Wildman–Crippen LogP) is 1.92. The molecule has 0 spiro atoms. The summed E-state index contributed by atoms with van der Waals surface area (Å²) in [5.74, 6) is 1.32. The number of halogens is 1. The van der Waals surface area contributed by atoms with Crippen LogP contribution in [0.1, 0.15) is 5.82 Å². The molecule has 0 aliphatic heterocycles. The van der Waals surface area contributed by atoms with Gasteiger partial charge in [0.15, 0.2) is 11.2 Å². The van der Waals surface area contributed by atoms with Crippen molar-refractivity contribution in [2.45, 2.75) is 10.6 Å². The minimum absolute atomic E-state index is 0.333. The highest BCUT2D eigenvalue weighted by Crippen LogP contribution is 2.24. The van der Waals surface area contributed by atoms with Crippen LogP contribution in [0.4, 0.5) is 0 Å². The summed E-state index contributed by atoms with van der Waals surface area (Å²) in [5, 5.41) is 0.690. The Morgan fingerprint density at radius 3 is 2.35 bits per heavy atom. The van der Waals surface area contributed by atoms with Crippen molar-refractivity contribution in [3.63, 3.8) is 0 Å². The Morgan fingerprint density at radius 2 is 1.70 bits per heavy atom. The molecular weight excluding hydrogens is 336 g/mol. The summed E-state index contributed by atoms with van der Waals surface area (Å²) in [7, 11) is 4.88. The van der Waals surface area contributed by atoms with Crippen LogP contribution in [0, 0.1) is 0 Å². The molecule has 0 aliphatic rings. The summed E-state index contributed by atoms with van der Waals surface area (Å²) in [6, 6.07) is 7.53. The summed E-state index contributed by atoms with van der Waals surface area (Å²) < 4.78 is 4.24. The maximum absolute atomic E-state index is 12.3. The van der Waals surface area contributed by atoms with E-state index in [1.54, 1.807) is 30.4 Å². The quantitative estimate of drug-likeness (QED) is 0.677. The lowest BCUT2D eigenvalue weighted by molar-refractivity contribution is 0.705. The van der Waals surface area contributed by atoms with Gasteiger partial charge in [-0.2, -0.15) is 0 Å². The fourth-order valence-corrected chi connectivity index (χ4v) is 3.38. The van der Waals surface area contributed by atoms with Gasteiger partial charge in [-0.15, -0.1) is 11.8 Å². The van der Waals surface area contributed by atoms with Crippen molar-refractivity contribution in [1.82, 2.24) is 18.7 Å². The zero-order valence-corrected chi connectivity index (χ0v) is 14.5. The van der Waals surface area contributed by atoms with Crippen molar-refractivity contribution >= 4 is 34.5 Å². The summed E-state index contributed by atoms with van der Waals surface area (Å²) in [5.41, 5.74) is 0.131. The van der Waals surface area contributed by atoms with Crippen LogP contribution in [-0.4, -0.2) is 18.7 Å². The van der Waals surface area contributed by atoms with Gasteiger partial charge in [-0.05, 0) is 24.3 Å². The Morgan fingerprint density at radius 1 is 1.04 bits per heavy atom. The van der Waals surface area contributed by atoms with Crippen molar-refractivity contribution in [2.75, 3.05) is 0 Å². The summed E-state index contributed by atoms with van der Waals surface area (Å²) in [6.45, 7) is 0. The van der Waals surface area contributed by atoms with E-state index < -0.39 is 0 Å². The zero-order valence-electron chi connectivity index (χ0n) is 12.9.